The van der Waals surface area contributed by atoms with Crippen molar-refractivity contribution < 1.29 is 0 Å². The molecule has 1 saturated heterocycles. The minimum absolute atomic E-state index is 0.716. The number of rotatable bonds is 7. The number of hydrogen-bond acceptors (Lipinski definition) is 5. The van der Waals surface area contributed by atoms with Gasteiger partial charge in [-0.3, -0.25) is 4.57 Å². The van der Waals surface area contributed by atoms with Gasteiger partial charge in [-0.1, -0.05) is 54.6 Å². The molecule has 0 saturated carbocycles. The largest absolute Gasteiger partial charge is 0.303 e. The molecule has 1 aromatic carbocycles. The van der Waals surface area contributed by atoms with Crippen LogP contribution in [0.4, 0.5) is 0 Å². The van der Waals surface area contributed by atoms with E-state index in [1.165, 1.54) is 42.7 Å². The molecule has 3 aromatic rings. The van der Waals surface area contributed by atoms with Crippen molar-refractivity contribution in [3.63, 3.8) is 0 Å². The Bertz CT molecular complexity index is 829. The number of likely N-dealkylation sites (tertiary alicyclic amines) is 1. The maximum Gasteiger partial charge on any atom is 0.191 e. The maximum atomic E-state index is 4.54. The molecule has 27 heavy (non-hydrogen) atoms. The summed E-state index contributed by atoms with van der Waals surface area (Å²) in [6.45, 7) is 2.05. The second kappa shape index (κ2) is 9.04. The van der Waals surface area contributed by atoms with Crippen molar-refractivity contribution in [3.05, 3.63) is 53.4 Å². The summed E-state index contributed by atoms with van der Waals surface area (Å²) >= 11 is 3.57. The highest BCUT2D eigenvalue weighted by Gasteiger charge is 2.20. The van der Waals surface area contributed by atoms with Crippen LogP contribution < -0.4 is 0 Å². The van der Waals surface area contributed by atoms with Crippen molar-refractivity contribution in [2.75, 3.05) is 19.3 Å². The van der Waals surface area contributed by atoms with E-state index in [-0.39, 0.29) is 0 Å². The number of benzene rings is 1. The average Bonchev–Trinajstić information content (AvgIpc) is 3.35. The van der Waals surface area contributed by atoms with Gasteiger partial charge >= 0.3 is 0 Å². The first-order valence-corrected chi connectivity index (χ1v) is 11.5. The maximum absolute atomic E-state index is 4.54. The summed E-state index contributed by atoms with van der Waals surface area (Å²) in [6.07, 6.45) is 5.25. The molecule has 0 bridgehead atoms. The van der Waals surface area contributed by atoms with Crippen LogP contribution in [0, 0.1) is 0 Å². The van der Waals surface area contributed by atoms with E-state index < -0.39 is 0 Å². The van der Waals surface area contributed by atoms with E-state index in [1.54, 1.807) is 11.3 Å². The second-order valence-corrected chi connectivity index (χ2v) is 9.13. The van der Waals surface area contributed by atoms with E-state index >= 15 is 0 Å². The first kappa shape index (κ1) is 18.7. The van der Waals surface area contributed by atoms with E-state index in [0.29, 0.717) is 6.04 Å². The summed E-state index contributed by atoms with van der Waals surface area (Å²) in [7, 11) is 2.27. The highest BCUT2D eigenvalue weighted by Crippen LogP contribution is 2.29. The zero-order chi connectivity index (χ0) is 18.5. The molecule has 1 atom stereocenters. The molecule has 2 aromatic heterocycles. The molecule has 4 nitrogen and oxygen atoms in total. The molecule has 142 valence electrons. The number of aromatic nitrogens is 3. The standard InChI is InChI=1S/C21H26N4S2/c1-24-13-6-5-10-18(24)12-15-27-21-23-22-20(19-11-7-14-26-19)25(21)16-17-8-3-2-4-9-17/h2-4,7-9,11,14,18H,5-6,10,12-13,15-16H2,1H3. The fourth-order valence-electron chi connectivity index (χ4n) is 3.69. The Morgan fingerprint density at radius 1 is 1.11 bits per heavy atom. The Morgan fingerprint density at radius 3 is 2.78 bits per heavy atom. The molecule has 4 rings (SSSR count). The van der Waals surface area contributed by atoms with Gasteiger partial charge in [-0.15, -0.1) is 21.5 Å². The van der Waals surface area contributed by atoms with Gasteiger partial charge in [0.1, 0.15) is 0 Å². The molecule has 1 aliphatic rings. The number of thiophene rings is 1. The molecule has 0 radical (unpaired) electrons. The minimum Gasteiger partial charge on any atom is -0.303 e. The van der Waals surface area contributed by atoms with Crippen LogP contribution in [0.25, 0.3) is 10.7 Å². The van der Waals surface area contributed by atoms with Crippen molar-refractivity contribution in [2.24, 2.45) is 0 Å². The highest BCUT2D eigenvalue weighted by atomic mass is 32.2. The molecule has 1 aliphatic heterocycles. The molecular formula is C21H26N4S2. The van der Waals surface area contributed by atoms with Crippen LogP contribution in [-0.4, -0.2) is 45.1 Å². The van der Waals surface area contributed by atoms with E-state index in [2.05, 4.69) is 74.6 Å². The third kappa shape index (κ3) is 4.62. The normalized spacial score (nSPS) is 18.0. The summed E-state index contributed by atoms with van der Waals surface area (Å²) in [5.74, 6) is 2.07. The number of nitrogens with zero attached hydrogens (tertiary/aromatic N) is 4. The van der Waals surface area contributed by atoms with Crippen molar-refractivity contribution in [1.82, 2.24) is 19.7 Å². The Balaban J connectivity index is 1.49. The van der Waals surface area contributed by atoms with Crippen LogP contribution in [0.3, 0.4) is 0 Å². The summed E-state index contributed by atoms with van der Waals surface area (Å²) < 4.78 is 2.27. The predicted octanol–water partition coefficient (Wildman–Crippen LogP) is 5.02. The molecular weight excluding hydrogens is 372 g/mol. The molecule has 3 heterocycles. The van der Waals surface area contributed by atoms with Gasteiger partial charge in [0.05, 0.1) is 11.4 Å². The topological polar surface area (TPSA) is 34.0 Å². The van der Waals surface area contributed by atoms with Gasteiger partial charge in [-0.25, -0.2) is 0 Å². The fraction of sp³-hybridized carbons (Fsp3) is 0.429. The molecule has 6 heteroatoms. The van der Waals surface area contributed by atoms with Crippen LogP contribution in [0.2, 0.25) is 0 Å². The van der Waals surface area contributed by atoms with E-state index in [9.17, 15) is 0 Å². The SMILES string of the molecule is CN1CCCCC1CCSc1nnc(-c2cccs2)n1Cc1ccccc1. The Kier molecular flexibility index (Phi) is 6.27. The van der Waals surface area contributed by atoms with Gasteiger partial charge in [0.25, 0.3) is 0 Å². The molecule has 1 unspecified atom stereocenters. The number of thioether (sulfide) groups is 1. The van der Waals surface area contributed by atoms with Gasteiger partial charge in [0, 0.05) is 11.8 Å². The summed E-state index contributed by atoms with van der Waals surface area (Å²) in [4.78, 5) is 3.70. The Labute approximate surface area is 169 Å². The number of hydrogen-bond donors (Lipinski definition) is 0. The van der Waals surface area contributed by atoms with Crippen molar-refractivity contribution in [1.29, 1.82) is 0 Å². The molecule has 0 amide bonds. The van der Waals surface area contributed by atoms with Crippen LogP contribution in [0.1, 0.15) is 31.2 Å². The van der Waals surface area contributed by atoms with Gasteiger partial charge in [0.2, 0.25) is 0 Å². The first-order chi connectivity index (χ1) is 13.3. The summed E-state index contributed by atoms with van der Waals surface area (Å²) in [5.41, 5.74) is 1.28. The monoisotopic (exact) mass is 398 g/mol. The fourth-order valence-corrected chi connectivity index (χ4v) is 5.38. The summed E-state index contributed by atoms with van der Waals surface area (Å²) in [5, 5.41) is 12.2. The molecule has 0 spiro atoms. The quantitative estimate of drug-likeness (QED) is 0.523. The Morgan fingerprint density at radius 2 is 2.00 bits per heavy atom. The third-order valence-electron chi connectivity index (χ3n) is 5.25. The second-order valence-electron chi connectivity index (χ2n) is 7.12. The van der Waals surface area contributed by atoms with Gasteiger partial charge in [-0.05, 0) is 49.9 Å². The zero-order valence-electron chi connectivity index (χ0n) is 15.8. The van der Waals surface area contributed by atoms with Crippen LogP contribution in [0.15, 0.2) is 53.0 Å². The van der Waals surface area contributed by atoms with Gasteiger partial charge < -0.3 is 4.90 Å². The Hall–Kier alpha value is -1.63. The molecule has 0 N–H and O–H groups in total. The van der Waals surface area contributed by atoms with Crippen LogP contribution in [0.5, 0.6) is 0 Å². The predicted molar refractivity (Wildman–Crippen MR) is 114 cm³/mol. The first-order valence-electron chi connectivity index (χ1n) is 9.65. The van der Waals surface area contributed by atoms with Gasteiger partial charge in [-0.2, -0.15) is 0 Å². The van der Waals surface area contributed by atoms with Gasteiger partial charge in [0.15, 0.2) is 11.0 Å². The van der Waals surface area contributed by atoms with E-state index in [0.717, 1.165) is 23.3 Å². The van der Waals surface area contributed by atoms with Crippen LogP contribution >= 0.6 is 23.1 Å². The third-order valence-corrected chi connectivity index (χ3v) is 7.11. The average molecular weight is 399 g/mol. The summed E-state index contributed by atoms with van der Waals surface area (Å²) in [6, 6.07) is 15.5. The van der Waals surface area contributed by atoms with E-state index in [1.807, 2.05) is 11.8 Å². The number of piperidine rings is 1. The van der Waals surface area contributed by atoms with Crippen molar-refractivity contribution in [3.8, 4) is 10.7 Å². The minimum atomic E-state index is 0.716. The molecule has 0 aliphatic carbocycles. The van der Waals surface area contributed by atoms with Crippen molar-refractivity contribution in [2.45, 2.75) is 43.4 Å². The zero-order valence-corrected chi connectivity index (χ0v) is 17.4. The van der Waals surface area contributed by atoms with Crippen LogP contribution in [-0.2, 0) is 6.54 Å². The highest BCUT2D eigenvalue weighted by molar-refractivity contribution is 7.99. The smallest absolute Gasteiger partial charge is 0.191 e. The van der Waals surface area contributed by atoms with Crippen molar-refractivity contribution >= 4 is 23.1 Å². The van der Waals surface area contributed by atoms with E-state index in [4.69, 9.17) is 0 Å². The lowest BCUT2D eigenvalue weighted by molar-refractivity contribution is 0.182. The lowest BCUT2D eigenvalue weighted by Gasteiger charge is -2.32. The lowest BCUT2D eigenvalue weighted by Crippen LogP contribution is -2.36. The molecule has 1 fully saturated rings. The lowest BCUT2D eigenvalue weighted by atomic mass is 10.0.